The van der Waals surface area contributed by atoms with Crippen molar-refractivity contribution in [1.82, 2.24) is 10.3 Å². The van der Waals surface area contributed by atoms with Crippen LogP contribution >= 0.6 is 11.3 Å². The SMILES string of the molecule is CNCc1c(C)cc(C)nc1N(C)C(C)Cc1cccs1. The second kappa shape index (κ2) is 7.05. The quantitative estimate of drug-likeness (QED) is 0.884. The molecule has 3 nitrogen and oxygen atoms in total. The number of aromatic nitrogens is 1. The van der Waals surface area contributed by atoms with Crippen LogP contribution in [0.3, 0.4) is 0 Å². The average Bonchev–Trinajstić information content (AvgIpc) is 2.93. The van der Waals surface area contributed by atoms with Crippen LogP contribution in [0.15, 0.2) is 23.6 Å². The lowest BCUT2D eigenvalue weighted by atomic mass is 10.1. The summed E-state index contributed by atoms with van der Waals surface area (Å²) in [4.78, 5) is 8.53. The van der Waals surface area contributed by atoms with E-state index in [0.29, 0.717) is 6.04 Å². The summed E-state index contributed by atoms with van der Waals surface area (Å²) in [6.45, 7) is 7.35. The van der Waals surface area contributed by atoms with Gasteiger partial charge < -0.3 is 10.2 Å². The van der Waals surface area contributed by atoms with Gasteiger partial charge in [-0.25, -0.2) is 4.98 Å². The molecule has 1 N–H and O–H groups in total. The molecule has 2 rings (SSSR count). The molecule has 0 amide bonds. The third-order valence-electron chi connectivity index (χ3n) is 3.88. The first kappa shape index (κ1) is 16.0. The first-order chi connectivity index (χ1) is 10.0. The zero-order valence-corrected chi connectivity index (χ0v) is 14.4. The monoisotopic (exact) mass is 303 g/mol. The summed E-state index contributed by atoms with van der Waals surface area (Å²) in [7, 11) is 4.14. The smallest absolute Gasteiger partial charge is 0.133 e. The molecule has 0 aliphatic heterocycles. The van der Waals surface area contributed by atoms with Gasteiger partial charge in [-0.05, 0) is 50.9 Å². The van der Waals surface area contributed by atoms with E-state index in [2.05, 4.69) is 61.6 Å². The van der Waals surface area contributed by atoms with E-state index in [4.69, 9.17) is 4.98 Å². The van der Waals surface area contributed by atoms with E-state index in [-0.39, 0.29) is 0 Å². The highest BCUT2D eigenvalue weighted by molar-refractivity contribution is 7.09. The minimum absolute atomic E-state index is 0.424. The molecule has 1 unspecified atom stereocenters. The molecule has 0 aliphatic rings. The Kier molecular flexibility index (Phi) is 5.37. The van der Waals surface area contributed by atoms with Crippen molar-refractivity contribution < 1.29 is 0 Å². The fourth-order valence-electron chi connectivity index (χ4n) is 2.60. The van der Waals surface area contributed by atoms with Crippen molar-refractivity contribution in [2.75, 3.05) is 19.0 Å². The Bertz CT molecular complexity index is 578. The number of nitrogens with one attached hydrogen (secondary N) is 1. The van der Waals surface area contributed by atoms with E-state index in [9.17, 15) is 0 Å². The third kappa shape index (κ3) is 3.83. The molecule has 0 saturated heterocycles. The summed E-state index contributed by atoms with van der Waals surface area (Å²) in [6.07, 6.45) is 1.06. The van der Waals surface area contributed by atoms with Crippen molar-refractivity contribution in [2.24, 2.45) is 0 Å². The van der Waals surface area contributed by atoms with Crippen LogP contribution in [-0.4, -0.2) is 25.1 Å². The van der Waals surface area contributed by atoms with Gasteiger partial charge in [-0.15, -0.1) is 11.3 Å². The lowest BCUT2D eigenvalue weighted by Gasteiger charge is -2.29. The van der Waals surface area contributed by atoms with Gasteiger partial charge >= 0.3 is 0 Å². The topological polar surface area (TPSA) is 28.2 Å². The van der Waals surface area contributed by atoms with Gasteiger partial charge in [-0.1, -0.05) is 6.07 Å². The van der Waals surface area contributed by atoms with Crippen molar-refractivity contribution in [3.63, 3.8) is 0 Å². The minimum atomic E-state index is 0.424. The van der Waals surface area contributed by atoms with Crippen molar-refractivity contribution in [1.29, 1.82) is 0 Å². The number of likely N-dealkylation sites (N-methyl/N-ethyl adjacent to an activating group) is 1. The van der Waals surface area contributed by atoms with E-state index in [1.165, 1.54) is 16.0 Å². The molecule has 114 valence electrons. The summed E-state index contributed by atoms with van der Waals surface area (Å²) in [5.74, 6) is 1.10. The Morgan fingerprint density at radius 2 is 2.14 bits per heavy atom. The maximum Gasteiger partial charge on any atom is 0.133 e. The highest BCUT2D eigenvalue weighted by Crippen LogP contribution is 2.25. The summed E-state index contributed by atoms with van der Waals surface area (Å²) < 4.78 is 0. The lowest BCUT2D eigenvalue weighted by Crippen LogP contribution is -2.33. The maximum absolute atomic E-state index is 4.79. The Hall–Kier alpha value is -1.39. The molecule has 0 spiro atoms. The number of aryl methyl sites for hydroxylation is 2. The number of pyridine rings is 1. The minimum Gasteiger partial charge on any atom is -0.356 e. The second-order valence-corrected chi connectivity index (χ2v) is 6.69. The highest BCUT2D eigenvalue weighted by Gasteiger charge is 2.17. The number of thiophene rings is 1. The van der Waals surface area contributed by atoms with Crippen LogP contribution in [0.25, 0.3) is 0 Å². The van der Waals surface area contributed by atoms with Crippen LogP contribution in [0.4, 0.5) is 5.82 Å². The first-order valence-corrected chi connectivity index (χ1v) is 8.27. The van der Waals surface area contributed by atoms with Crippen LogP contribution in [0.1, 0.15) is 28.6 Å². The second-order valence-electron chi connectivity index (χ2n) is 5.66. The Labute approximate surface area is 132 Å². The Balaban J connectivity index is 2.26. The van der Waals surface area contributed by atoms with Gasteiger partial charge in [0.05, 0.1) is 0 Å². The number of anilines is 1. The fourth-order valence-corrected chi connectivity index (χ4v) is 3.42. The maximum atomic E-state index is 4.79. The van der Waals surface area contributed by atoms with Crippen LogP contribution in [-0.2, 0) is 13.0 Å². The number of rotatable bonds is 6. The van der Waals surface area contributed by atoms with Gasteiger partial charge in [-0.3, -0.25) is 0 Å². The first-order valence-electron chi connectivity index (χ1n) is 7.40. The molecule has 4 heteroatoms. The predicted molar refractivity (Wildman–Crippen MR) is 92.4 cm³/mol. The van der Waals surface area contributed by atoms with Crippen LogP contribution in [0.2, 0.25) is 0 Å². The standard InChI is InChI=1S/C17H25N3S/c1-12-9-13(2)19-17(16(12)11-18-4)20(5)14(3)10-15-7-6-8-21-15/h6-9,14,18H,10-11H2,1-5H3. The van der Waals surface area contributed by atoms with Crippen molar-refractivity contribution in [3.8, 4) is 0 Å². The number of nitrogens with zero attached hydrogens (tertiary/aromatic N) is 2. The molecule has 21 heavy (non-hydrogen) atoms. The largest absolute Gasteiger partial charge is 0.356 e. The van der Waals surface area contributed by atoms with Gasteiger partial charge in [0, 0.05) is 42.2 Å². The summed E-state index contributed by atoms with van der Waals surface area (Å²) in [5, 5.41) is 5.40. The normalized spacial score (nSPS) is 12.4. The van der Waals surface area contributed by atoms with Gasteiger partial charge in [0.25, 0.3) is 0 Å². The summed E-state index contributed by atoms with van der Waals surface area (Å²) in [6, 6.07) is 6.91. The average molecular weight is 303 g/mol. The summed E-state index contributed by atoms with van der Waals surface area (Å²) in [5.41, 5.74) is 3.68. The van der Waals surface area contributed by atoms with Crippen molar-refractivity contribution >= 4 is 17.2 Å². The van der Waals surface area contributed by atoms with E-state index in [1.807, 2.05) is 18.4 Å². The molecule has 0 bridgehead atoms. The predicted octanol–water partition coefficient (Wildman–Crippen LogP) is 3.55. The van der Waals surface area contributed by atoms with Gasteiger partial charge in [-0.2, -0.15) is 0 Å². The van der Waals surface area contributed by atoms with Gasteiger partial charge in [0.1, 0.15) is 5.82 Å². The molecule has 0 saturated carbocycles. The molecule has 0 aromatic carbocycles. The van der Waals surface area contributed by atoms with Gasteiger partial charge in [0.2, 0.25) is 0 Å². The third-order valence-corrected chi connectivity index (χ3v) is 4.78. The molecule has 2 heterocycles. The molecule has 2 aromatic rings. The van der Waals surface area contributed by atoms with Crippen molar-refractivity contribution in [2.45, 2.75) is 39.8 Å². The van der Waals surface area contributed by atoms with Crippen LogP contribution in [0, 0.1) is 13.8 Å². The fraction of sp³-hybridized carbons (Fsp3) is 0.471. The molecule has 0 aliphatic carbocycles. The van der Waals surface area contributed by atoms with E-state index < -0.39 is 0 Å². The molecular weight excluding hydrogens is 278 g/mol. The Morgan fingerprint density at radius 1 is 1.38 bits per heavy atom. The molecule has 2 aromatic heterocycles. The van der Waals surface area contributed by atoms with Gasteiger partial charge in [0.15, 0.2) is 0 Å². The summed E-state index contributed by atoms with van der Waals surface area (Å²) >= 11 is 1.83. The number of hydrogen-bond acceptors (Lipinski definition) is 4. The zero-order valence-electron chi connectivity index (χ0n) is 13.6. The van der Waals surface area contributed by atoms with E-state index in [0.717, 1.165) is 24.5 Å². The lowest BCUT2D eigenvalue weighted by molar-refractivity contribution is 0.670. The number of hydrogen-bond donors (Lipinski definition) is 1. The Morgan fingerprint density at radius 3 is 2.76 bits per heavy atom. The van der Waals surface area contributed by atoms with Crippen LogP contribution in [0.5, 0.6) is 0 Å². The molecule has 0 fully saturated rings. The molecule has 0 radical (unpaired) electrons. The molecule has 1 atom stereocenters. The van der Waals surface area contributed by atoms with E-state index in [1.54, 1.807) is 0 Å². The molecular formula is C17H25N3S. The van der Waals surface area contributed by atoms with Crippen molar-refractivity contribution in [3.05, 3.63) is 45.3 Å². The zero-order chi connectivity index (χ0) is 15.4. The van der Waals surface area contributed by atoms with Crippen LogP contribution < -0.4 is 10.2 Å². The van der Waals surface area contributed by atoms with E-state index >= 15 is 0 Å². The highest BCUT2D eigenvalue weighted by atomic mass is 32.1.